The lowest BCUT2D eigenvalue weighted by atomic mass is 9.66. The second-order valence-corrected chi connectivity index (χ2v) is 9.98. The maximum atomic E-state index is 2.42. The molecule has 0 atom stereocenters. The van der Waals surface area contributed by atoms with E-state index in [2.05, 4.69) is 134 Å². The number of aryl methyl sites for hydroxylation is 1. The molecule has 3 N–H and O–H groups in total. The summed E-state index contributed by atoms with van der Waals surface area (Å²) in [5.41, 5.74) is 14.3. The van der Waals surface area contributed by atoms with E-state index >= 15 is 0 Å². The lowest BCUT2D eigenvalue weighted by Crippen LogP contribution is -2.30. The summed E-state index contributed by atoms with van der Waals surface area (Å²) in [4.78, 5) is 0. The third-order valence-corrected chi connectivity index (χ3v) is 8.04. The predicted octanol–water partition coefficient (Wildman–Crippen LogP) is 10.1. The summed E-state index contributed by atoms with van der Waals surface area (Å²) in [5, 5.41) is 0. The predicted molar refractivity (Wildman–Crippen MR) is 168 cm³/mol. The van der Waals surface area contributed by atoms with Gasteiger partial charge in [-0.3, -0.25) is 0 Å². The van der Waals surface area contributed by atoms with Crippen LogP contribution in [0, 0.1) is 0 Å². The minimum Gasteiger partial charge on any atom is -0.344 e. The zero-order valence-electron chi connectivity index (χ0n) is 23.2. The summed E-state index contributed by atoms with van der Waals surface area (Å²) in [6, 6.07) is 45.3. The van der Waals surface area contributed by atoms with Crippen LogP contribution in [0.1, 0.15) is 71.7 Å². The Morgan fingerprint density at radius 3 is 1.54 bits per heavy atom. The molecule has 1 nitrogen and oxygen atoms in total. The summed E-state index contributed by atoms with van der Waals surface area (Å²) in [6.45, 7) is 6.24. The Bertz CT molecular complexity index is 1590. The molecule has 0 saturated heterocycles. The Morgan fingerprint density at radius 2 is 0.974 bits per heavy atom. The number of hydrogen-bond acceptors (Lipinski definition) is 1. The van der Waals surface area contributed by atoms with Gasteiger partial charge in [-0.15, -0.1) is 0 Å². The van der Waals surface area contributed by atoms with Crippen LogP contribution in [0.4, 0.5) is 0 Å². The van der Waals surface area contributed by atoms with Gasteiger partial charge in [0.15, 0.2) is 0 Å². The molecule has 0 radical (unpaired) electrons. The van der Waals surface area contributed by atoms with Gasteiger partial charge in [0.25, 0.3) is 0 Å². The smallest absolute Gasteiger partial charge is 0.0725 e. The Balaban J connectivity index is 0.00000101. The van der Waals surface area contributed by atoms with Crippen LogP contribution in [-0.2, 0) is 11.8 Å². The lowest BCUT2D eigenvalue weighted by molar-refractivity contribution is 0.766. The van der Waals surface area contributed by atoms with Crippen LogP contribution in [0.5, 0.6) is 0 Å². The molecule has 2 aliphatic rings. The van der Waals surface area contributed by atoms with Crippen molar-refractivity contribution in [3.63, 3.8) is 0 Å². The molecule has 1 spiro atoms. The third kappa shape index (κ3) is 3.97. The lowest BCUT2D eigenvalue weighted by Gasteiger charge is -2.35. The number of fused-ring (bicyclic) bond motifs is 9. The molecule has 0 unspecified atom stereocenters. The van der Waals surface area contributed by atoms with Crippen LogP contribution in [-0.4, -0.2) is 0 Å². The first-order valence-electron chi connectivity index (χ1n) is 14.0. The molecule has 0 amide bonds. The van der Waals surface area contributed by atoms with Crippen LogP contribution < -0.4 is 6.15 Å². The average Bonchev–Trinajstić information content (AvgIpc) is 3.21. The monoisotopic (exact) mass is 507 g/mol. The van der Waals surface area contributed by atoms with Gasteiger partial charge in [-0.25, -0.2) is 0 Å². The molecule has 39 heavy (non-hydrogen) atoms. The Labute approximate surface area is 233 Å². The number of benzene rings is 5. The maximum absolute atomic E-state index is 2.42. The zero-order chi connectivity index (χ0) is 26.1. The number of rotatable bonds is 3. The summed E-state index contributed by atoms with van der Waals surface area (Å²) in [7, 11) is 0. The maximum Gasteiger partial charge on any atom is 0.0725 e. The van der Waals surface area contributed by atoms with Crippen molar-refractivity contribution in [2.45, 2.75) is 39.0 Å². The fourth-order valence-corrected chi connectivity index (χ4v) is 6.58. The van der Waals surface area contributed by atoms with Gasteiger partial charge in [0.1, 0.15) is 0 Å². The molecule has 194 valence electrons. The van der Waals surface area contributed by atoms with E-state index in [1.807, 2.05) is 13.8 Å². The molecule has 0 saturated carbocycles. The van der Waals surface area contributed by atoms with Crippen molar-refractivity contribution in [2.24, 2.45) is 0 Å². The molecular formula is C38H37N. The molecule has 0 aliphatic heterocycles. The van der Waals surface area contributed by atoms with Gasteiger partial charge in [-0.2, -0.15) is 0 Å². The average molecular weight is 508 g/mol. The second kappa shape index (κ2) is 10.9. The van der Waals surface area contributed by atoms with E-state index in [1.165, 1.54) is 67.6 Å². The summed E-state index contributed by atoms with van der Waals surface area (Å²) in [5.74, 6) is 0. The fourth-order valence-electron chi connectivity index (χ4n) is 6.58. The van der Waals surface area contributed by atoms with Crippen LogP contribution in [0.2, 0.25) is 0 Å². The molecule has 0 fully saturated rings. The van der Waals surface area contributed by atoms with Crippen molar-refractivity contribution in [2.75, 3.05) is 0 Å². The molecule has 2 aliphatic carbocycles. The molecule has 7 rings (SSSR count). The highest BCUT2D eigenvalue weighted by Gasteiger charge is 2.48. The highest BCUT2D eigenvalue weighted by molar-refractivity contribution is 5.99. The first-order valence-corrected chi connectivity index (χ1v) is 14.0. The summed E-state index contributed by atoms with van der Waals surface area (Å²) < 4.78 is 0. The van der Waals surface area contributed by atoms with Gasteiger partial charge >= 0.3 is 0 Å². The Morgan fingerprint density at radius 1 is 0.513 bits per heavy atom. The molecular weight excluding hydrogens is 470 g/mol. The quantitative estimate of drug-likeness (QED) is 0.254. The van der Waals surface area contributed by atoms with E-state index in [4.69, 9.17) is 0 Å². The van der Waals surface area contributed by atoms with Gasteiger partial charge in [0, 0.05) is 0 Å². The summed E-state index contributed by atoms with van der Waals surface area (Å²) in [6.07, 6.45) is 4.70. The molecule has 0 heterocycles. The minimum atomic E-state index is -0.360. The Hall–Kier alpha value is -4.20. The van der Waals surface area contributed by atoms with Crippen LogP contribution in [0.15, 0.2) is 121 Å². The van der Waals surface area contributed by atoms with Crippen molar-refractivity contribution in [3.8, 4) is 11.1 Å². The Kier molecular flexibility index (Phi) is 7.37. The van der Waals surface area contributed by atoms with E-state index in [9.17, 15) is 0 Å². The SMILES string of the molecule is CC.CCCc1ccc(C2=Cc3ccccc3C3(c4ccccc42)c2ccccc2-c2ccccc23)cc1.N. The largest absolute Gasteiger partial charge is 0.344 e. The van der Waals surface area contributed by atoms with Crippen LogP contribution in [0.25, 0.3) is 22.8 Å². The van der Waals surface area contributed by atoms with E-state index < -0.39 is 0 Å². The summed E-state index contributed by atoms with van der Waals surface area (Å²) >= 11 is 0. The van der Waals surface area contributed by atoms with Crippen LogP contribution in [0.3, 0.4) is 0 Å². The normalized spacial score (nSPS) is 13.4. The number of hydrogen-bond donors (Lipinski definition) is 1. The topological polar surface area (TPSA) is 35.0 Å². The van der Waals surface area contributed by atoms with E-state index in [1.54, 1.807) is 0 Å². The van der Waals surface area contributed by atoms with Crippen molar-refractivity contribution in [1.29, 1.82) is 0 Å². The van der Waals surface area contributed by atoms with Crippen molar-refractivity contribution in [3.05, 3.63) is 166 Å². The second-order valence-electron chi connectivity index (χ2n) is 9.98. The van der Waals surface area contributed by atoms with E-state index in [0.717, 1.165) is 6.42 Å². The van der Waals surface area contributed by atoms with Crippen molar-refractivity contribution >= 4 is 11.6 Å². The van der Waals surface area contributed by atoms with Gasteiger partial charge in [0.2, 0.25) is 0 Å². The molecule has 5 aromatic carbocycles. The minimum absolute atomic E-state index is 0. The van der Waals surface area contributed by atoms with Crippen LogP contribution >= 0.6 is 0 Å². The molecule has 0 aromatic heterocycles. The zero-order valence-corrected chi connectivity index (χ0v) is 23.2. The van der Waals surface area contributed by atoms with E-state index in [0.29, 0.717) is 0 Å². The van der Waals surface area contributed by atoms with Gasteiger partial charge in [0.05, 0.1) is 5.41 Å². The first-order chi connectivity index (χ1) is 18.8. The van der Waals surface area contributed by atoms with Gasteiger partial charge < -0.3 is 6.15 Å². The molecule has 5 aromatic rings. The van der Waals surface area contributed by atoms with Gasteiger partial charge in [-0.05, 0) is 73.7 Å². The van der Waals surface area contributed by atoms with E-state index in [-0.39, 0.29) is 11.6 Å². The molecule has 1 heteroatoms. The third-order valence-electron chi connectivity index (χ3n) is 8.04. The molecule has 0 bridgehead atoms. The standard InChI is InChI=1S/C36H28.C2H6.H3N/c1-2-11-25-20-22-26(23-21-25)31-24-27-12-3-7-16-32(27)36(35-19-10-6-15-30(31)35)33-17-8-4-13-28(33)29-14-5-9-18-34(29)36;1-2;/h3-10,12-24H,2,11H2,1H3;1-2H3;1H3. The first kappa shape index (κ1) is 26.4. The highest BCUT2D eigenvalue weighted by Crippen LogP contribution is 2.59. The van der Waals surface area contributed by atoms with Gasteiger partial charge in [-0.1, -0.05) is 149 Å². The fraction of sp³-hybridized carbons (Fsp3) is 0.158. The highest BCUT2D eigenvalue weighted by atomic mass is 14.5. The van der Waals surface area contributed by atoms with Crippen molar-refractivity contribution < 1.29 is 0 Å². The van der Waals surface area contributed by atoms with Crippen molar-refractivity contribution in [1.82, 2.24) is 6.15 Å².